The van der Waals surface area contributed by atoms with E-state index in [0.717, 1.165) is 25.0 Å². The first-order valence-electron chi connectivity index (χ1n) is 11.9. The van der Waals surface area contributed by atoms with Crippen LogP contribution < -0.4 is 4.90 Å². The largest absolute Gasteiger partial charge is 0.481 e. The van der Waals surface area contributed by atoms with Gasteiger partial charge < -0.3 is 10.0 Å². The second-order valence-electron chi connectivity index (χ2n) is 9.52. The molecule has 0 bridgehead atoms. The predicted octanol–water partition coefficient (Wildman–Crippen LogP) is 3.10. The van der Waals surface area contributed by atoms with E-state index in [1.807, 2.05) is 11.1 Å². The normalized spacial score (nSPS) is 18.4. The Labute approximate surface area is 201 Å². The number of pyridine rings is 1. The summed E-state index contributed by atoms with van der Waals surface area (Å²) in [4.78, 5) is 17.3. The zero-order chi connectivity index (χ0) is 24.5. The van der Waals surface area contributed by atoms with E-state index in [4.69, 9.17) is 5.11 Å². The van der Waals surface area contributed by atoms with Crippen LogP contribution in [0.5, 0.6) is 0 Å². The first-order valence-corrected chi connectivity index (χ1v) is 11.9. The number of aryl methyl sites for hydroxylation is 1. The SMILES string of the molecule is Cn1nnc(-c2ccc(N3CCCC(CC(=O)O)C3)c(C(F)F)n2)c1Cn1cc(CC2CC2)nn1. The number of hydrogen-bond acceptors (Lipinski definition) is 7. The van der Waals surface area contributed by atoms with Crippen molar-refractivity contribution in [3.63, 3.8) is 0 Å². The molecule has 3 aromatic heterocycles. The molecule has 1 unspecified atom stereocenters. The second kappa shape index (κ2) is 9.67. The van der Waals surface area contributed by atoms with Crippen LogP contribution in [0.1, 0.15) is 55.6 Å². The molecule has 1 N–H and O–H groups in total. The molecule has 35 heavy (non-hydrogen) atoms. The van der Waals surface area contributed by atoms with Crippen molar-refractivity contribution < 1.29 is 18.7 Å². The Morgan fingerprint density at radius 2 is 2.00 bits per heavy atom. The van der Waals surface area contributed by atoms with Gasteiger partial charge in [-0.15, -0.1) is 10.2 Å². The fourth-order valence-corrected chi connectivity index (χ4v) is 4.76. The maximum Gasteiger partial charge on any atom is 0.303 e. The number of alkyl halides is 2. The quantitative estimate of drug-likeness (QED) is 0.491. The molecule has 2 aliphatic rings. The Morgan fingerprint density at radius 3 is 2.74 bits per heavy atom. The number of hydrogen-bond donors (Lipinski definition) is 1. The summed E-state index contributed by atoms with van der Waals surface area (Å²) in [6.45, 7) is 1.34. The zero-order valence-electron chi connectivity index (χ0n) is 19.5. The van der Waals surface area contributed by atoms with Crippen LogP contribution in [0.3, 0.4) is 0 Å². The number of piperidine rings is 1. The Morgan fingerprint density at radius 1 is 1.17 bits per heavy atom. The minimum Gasteiger partial charge on any atom is -0.481 e. The molecule has 186 valence electrons. The number of aromatic nitrogens is 7. The molecular formula is C23H28F2N8O2. The molecule has 1 atom stereocenters. The van der Waals surface area contributed by atoms with E-state index in [2.05, 4.69) is 25.6 Å². The predicted molar refractivity (Wildman–Crippen MR) is 122 cm³/mol. The van der Waals surface area contributed by atoms with Crippen LogP contribution in [-0.2, 0) is 24.8 Å². The van der Waals surface area contributed by atoms with Gasteiger partial charge >= 0.3 is 5.97 Å². The van der Waals surface area contributed by atoms with Gasteiger partial charge in [0.2, 0.25) is 0 Å². The van der Waals surface area contributed by atoms with E-state index in [0.29, 0.717) is 48.3 Å². The van der Waals surface area contributed by atoms with Gasteiger partial charge in [-0.2, -0.15) is 0 Å². The van der Waals surface area contributed by atoms with Gasteiger partial charge in [0.1, 0.15) is 11.4 Å². The average Bonchev–Trinajstić information content (AvgIpc) is 3.41. The van der Waals surface area contributed by atoms with Gasteiger partial charge in [-0.3, -0.25) is 4.79 Å². The molecule has 0 aromatic carbocycles. The summed E-state index contributed by atoms with van der Waals surface area (Å²) in [6, 6.07) is 3.31. The summed E-state index contributed by atoms with van der Waals surface area (Å²) in [7, 11) is 1.74. The van der Waals surface area contributed by atoms with Gasteiger partial charge in [0, 0.05) is 32.8 Å². The van der Waals surface area contributed by atoms with Crippen molar-refractivity contribution in [3.05, 3.63) is 35.4 Å². The van der Waals surface area contributed by atoms with E-state index >= 15 is 0 Å². The summed E-state index contributed by atoms with van der Waals surface area (Å²) < 4.78 is 31.5. The highest BCUT2D eigenvalue weighted by atomic mass is 19.3. The first-order chi connectivity index (χ1) is 16.9. The van der Waals surface area contributed by atoms with Crippen molar-refractivity contribution >= 4 is 11.7 Å². The lowest BCUT2D eigenvalue weighted by Crippen LogP contribution is -2.37. The molecule has 1 aliphatic carbocycles. The molecule has 1 saturated heterocycles. The molecule has 4 heterocycles. The first kappa shape index (κ1) is 23.3. The lowest BCUT2D eigenvalue weighted by molar-refractivity contribution is -0.138. The van der Waals surface area contributed by atoms with Crippen LogP contribution >= 0.6 is 0 Å². The summed E-state index contributed by atoms with van der Waals surface area (Å²) in [5.41, 5.74) is 2.36. The minimum atomic E-state index is -2.79. The standard InChI is InChI=1S/C23H28F2N8O2/c1-31-19(13-33-12-16(27-30-33)9-14-4-5-14)21(28-29-31)17-6-7-18(22(26-17)23(24)25)32-8-2-3-15(11-32)10-20(34)35/h6-7,12,14-15,23H,2-5,8-11,13H2,1H3,(H,34,35). The van der Waals surface area contributed by atoms with Gasteiger partial charge in [-0.1, -0.05) is 10.4 Å². The van der Waals surface area contributed by atoms with Crippen LogP contribution in [0.2, 0.25) is 0 Å². The zero-order valence-corrected chi connectivity index (χ0v) is 19.5. The molecule has 3 aromatic rings. The van der Waals surface area contributed by atoms with Crippen molar-refractivity contribution in [2.45, 2.75) is 51.5 Å². The van der Waals surface area contributed by atoms with E-state index in [1.165, 1.54) is 12.8 Å². The van der Waals surface area contributed by atoms with Gasteiger partial charge in [0.05, 0.1) is 29.3 Å². The molecule has 2 fully saturated rings. The molecule has 0 spiro atoms. The summed E-state index contributed by atoms with van der Waals surface area (Å²) in [6.07, 6.45) is 4.04. The summed E-state index contributed by atoms with van der Waals surface area (Å²) >= 11 is 0. The minimum absolute atomic E-state index is 0.0274. The van der Waals surface area contributed by atoms with Crippen LogP contribution in [0.4, 0.5) is 14.5 Å². The van der Waals surface area contributed by atoms with Gasteiger partial charge in [-0.05, 0) is 56.1 Å². The van der Waals surface area contributed by atoms with Crippen LogP contribution in [-0.4, -0.2) is 59.1 Å². The number of halogens is 2. The van der Waals surface area contributed by atoms with Crippen molar-refractivity contribution in [2.75, 3.05) is 18.0 Å². The van der Waals surface area contributed by atoms with E-state index < -0.39 is 12.4 Å². The fraction of sp³-hybridized carbons (Fsp3) is 0.565. The monoisotopic (exact) mass is 486 g/mol. The van der Waals surface area contributed by atoms with Crippen LogP contribution in [0.25, 0.3) is 11.4 Å². The van der Waals surface area contributed by atoms with E-state index in [9.17, 15) is 13.6 Å². The van der Waals surface area contributed by atoms with Crippen LogP contribution in [0.15, 0.2) is 18.3 Å². The lowest BCUT2D eigenvalue weighted by Gasteiger charge is -2.34. The topological polar surface area (TPSA) is 115 Å². The fourth-order valence-electron chi connectivity index (χ4n) is 4.76. The van der Waals surface area contributed by atoms with Gasteiger partial charge in [-0.25, -0.2) is 23.1 Å². The molecule has 1 aliphatic heterocycles. The maximum atomic E-state index is 14.1. The molecular weight excluding hydrogens is 458 g/mol. The molecule has 10 nitrogen and oxygen atoms in total. The van der Waals surface area contributed by atoms with Crippen molar-refractivity contribution in [1.29, 1.82) is 0 Å². The number of aliphatic carboxylic acids is 1. The number of carbonyl (C=O) groups is 1. The third kappa shape index (κ3) is 5.30. The van der Waals surface area contributed by atoms with Gasteiger partial charge in [0.25, 0.3) is 6.43 Å². The number of anilines is 1. The average molecular weight is 487 g/mol. The molecule has 5 rings (SSSR count). The van der Waals surface area contributed by atoms with Crippen molar-refractivity contribution in [3.8, 4) is 11.4 Å². The third-order valence-corrected chi connectivity index (χ3v) is 6.71. The van der Waals surface area contributed by atoms with Crippen molar-refractivity contribution in [1.82, 2.24) is 35.0 Å². The van der Waals surface area contributed by atoms with Crippen molar-refractivity contribution in [2.24, 2.45) is 18.9 Å². The highest BCUT2D eigenvalue weighted by Gasteiger charge is 2.28. The smallest absolute Gasteiger partial charge is 0.303 e. The van der Waals surface area contributed by atoms with E-state index in [-0.39, 0.29) is 18.0 Å². The highest BCUT2D eigenvalue weighted by Crippen LogP contribution is 2.35. The number of carboxylic acids is 1. The highest BCUT2D eigenvalue weighted by molar-refractivity contribution is 5.67. The number of nitrogens with zero attached hydrogens (tertiary/aromatic N) is 8. The molecule has 1 saturated carbocycles. The van der Waals surface area contributed by atoms with E-state index in [1.54, 1.807) is 28.5 Å². The Kier molecular flexibility index (Phi) is 6.44. The molecule has 0 radical (unpaired) electrons. The van der Waals surface area contributed by atoms with Gasteiger partial charge in [0.15, 0.2) is 0 Å². The Balaban J connectivity index is 1.40. The summed E-state index contributed by atoms with van der Waals surface area (Å²) in [5, 5.41) is 25.9. The van der Waals surface area contributed by atoms with Crippen LogP contribution in [0, 0.1) is 11.8 Å². The lowest BCUT2D eigenvalue weighted by atomic mass is 9.94. The molecule has 0 amide bonds. The summed E-state index contributed by atoms with van der Waals surface area (Å²) in [5.74, 6) is -0.254. The third-order valence-electron chi connectivity index (χ3n) is 6.71. The Hall–Kier alpha value is -3.44. The maximum absolute atomic E-state index is 14.1. The molecule has 12 heteroatoms. The second-order valence-corrected chi connectivity index (χ2v) is 9.52. The number of carboxylic acid groups (broad SMARTS) is 1. The number of rotatable bonds is 9. The Bertz CT molecular complexity index is 1210.